The van der Waals surface area contributed by atoms with Gasteiger partial charge in [0.25, 0.3) is 5.91 Å². The van der Waals surface area contributed by atoms with Crippen molar-refractivity contribution in [1.82, 2.24) is 20.2 Å². The van der Waals surface area contributed by atoms with Gasteiger partial charge >= 0.3 is 0 Å². The first-order valence-corrected chi connectivity index (χ1v) is 10.2. The third kappa shape index (κ3) is 3.28. The van der Waals surface area contributed by atoms with Gasteiger partial charge in [0.1, 0.15) is 17.4 Å². The van der Waals surface area contributed by atoms with Crippen molar-refractivity contribution in [2.24, 2.45) is 11.8 Å². The molecule has 2 amide bonds. The van der Waals surface area contributed by atoms with Gasteiger partial charge in [-0.3, -0.25) is 14.6 Å². The fourth-order valence-electron chi connectivity index (χ4n) is 4.22. The maximum Gasteiger partial charge on any atom is 0.272 e. The van der Waals surface area contributed by atoms with Gasteiger partial charge in [0, 0.05) is 19.0 Å². The van der Waals surface area contributed by atoms with Crippen molar-refractivity contribution in [1.29, 1.82) is 0 Å². The van der Waals surface area contributed by atoms with Crippen LogP contribution in [0, 0.1) is 11.8 Å². The summed E-state index contributed by atoms with van der Waals surface area (Å²) in [6.45, 7) is 0.647. The number of amides is 2. The van der Waals surface area contributed by atoms with Crippen LogP contribution in [0.3, 0.4) is 0 Å². The first kappa shape index (κ1) is 17.0. The number of aromatic nitrogens is 2. The third-order valence-corrected chi connectivity index (χ3v) is 6.48. The minimum atomic E-state index is -0.468. The highest BCUT2D eigenvalue weighted by Crippen LogP contribution is 2.43. The van der Waals surface area contributed by atoms with Gasteiger partial charge in [-0.15, -0.1) is 0 Å². The van der Waals surface area contributed by atoms with Gasteiger partial charge in [0.05, 0.1) is 12.8 Å². The van der Waals surface area contributed by atoms with Gasteiger partial charge < -0.3 is 15.0 Å². The zero-order chi connectivity index (χ0) is 18.5. The zero-order valence-electron chi connectivity index (χ0n) is 15.7. The normalized spacial score (nSPS) is 29.7. The number of piperidine rings is 1. The molecule has 0 spiro atoms. The summed E-state index contributed by atoms with van der Waals surface area (Å²) in [5.41, 5.74) is 1.11. The Morgan fingerprint density at radius 2 is 2.07 bits per heavy atom. The van der Waals surface area contributed by atoms with Crippen LogP contribution in [0.25, 0.3) is 0 Å². The number of likely N-dealkylation sites (N-methyl/N-ethyl adjacent to an activating group) is 1. The van der Waals surface area contributed by atoms with Gasteiger partial charge in [0.15, 0.2) is 0 Å². The minimum absolute atomic E-state index is 0.00272. The largest absolute Gasteiger partial charge is 0.476 e. The lowest BCUT2D eigenvalue weighted by Crippen LogP contribution is -2.61. The van der Waals surface area contributed by atoms with E-state index in [9.17, 15) is 9.59 Å². The quantitative estimate of drug-likeness (QED) is 0.827. The van der Waals surface area contributed by atoms with E-state index in [0.717, 1.165) is 37.8 Å². The molecule has 3 aliphatic carbocycles. The minimum Gasteiger partial charge on any atom is -0.476 e. The van der Waals surface area contributed by atoms with Gasteiger partial charge in [-0.05, 0) is 56.8 Å². The second kappa shape index (κ2) is 6.46. The molecule has 1 aromatic rings. The van der Waals surface area contributed by atoms with Crippen LogP contribution in [0.5, 0.6) is 5.88 Å². The smallest absolute Gasteiger partial charge is 0.272 e. The number of ether oxygens (including phenoxy) is 1. The summed E-state index contributed by atoms with van der Waals surface area (Å²) >= 11 is 0. The summed E-state index contributed by atoms with van der Waals surface area (Å²) in [6.07, 6.45) is 9.05. The predicted molar refractivity (Wildman–Crippen MR) is 97.4 cm³/mol. The summed E-state index contributed by atoms with van der Waals surface area (Å²) in [7, 11) is 1.84. The standard InChI is InChI=1S/C20H26N4O3/c1-24-16-7-6-13(16)8-14(20(24)26)22-18(25)15-9-21-17(12-4-5-12)19(23-15)27-10-11-2-3-11/h9,11-14,16H,2-8,10H2,1H3,(H,22,25). The van der Waals surface area contributed by atoms with Gasteiger partial charge in [-0.1, -0.05) is 0 Å². The molecule has 3 unspecified atom stereocenters. The summed E-state index contributed by atoms with van der Waals surface area (Å²) in [6, 6.07) is -0.115. The Morgan fingerprint density at radius 3 is 2.74 bits per heavy atom. The van der Waals surface area contributed by atoms with Crippen LogP contribution >= 0.6 is 0 Å². The molecule has 7 nitrogen and oxygen atoms in total. The average Bonchev–Trinajstić information content (AvgIpc) is 3.53. The first-order chi connectivity index (χ1) is 13.1. The molecule has 7 heteroatoms. The monoisotopic (exact) mass is 370 g/mol. The number of hydrogen-bond donors (Lipinski definition) is 1. The first-order valence-electron chi connectivity index (χ1n) is 10.2. The molecular weight excluding hydrogens is 344 g/mol. The average molecular weight is 370 g/mol. The molecule has 1 aromatic heterocycles. The molecule has 4 fully saturated rings. The van der Waals surface area contributed by atoms with Crippen molar-refractivity contribution in [3.05, 3.63) is 17.6 Å². The number of carbonyl (C=O) groups is 2. The number of rotatable bonds is 6. The van der Waals surface area contributed by atoms with E-state index in [-0.39, 0.29) is 17.5 Å². The van der Waals surface area contributed by atoms with Crippen LogP contribution in [0.1, 0.15) is 67.0 Å². The van der Waals surface area contributed by atoms with E-state index in [2.05, 4.69) is 15.3 Å². The molecular formula is C20H26N4O3. The number of carbonyl (C=O) groups excluding carboxylic acids is 2. The van der Waals surface area contributed by atoms with E-state index in [1.807, 2.05) is 7.05 Å². The fourth-order valence-corrected chi connectivity index (χ4v) is 4.22. The van der Waals surface area contributed by atoms with Crippen molar-refractivity contribution in [3.8, 4) is 5.88 Å². The molecule has 5 rings (SSSR count). The lowest BCUT2D eigenvalue weighted by molar-refractivity contribution is -0.143. The molecule has 1 saturated heterocycles. The second-order valence-electron chi connectivity index (χ2n) is 8.59. The maximum atomic E-state index is 12.7. The highest BCUT2D eigenvalue weighted by molar-refractivity contribution is 5.96. The van der Waals surface area contributed by atoms with E-state index in [0.29, 0.717) is 36.3 Å². The number of likely N-dealkylation sites (tertiary alicyclic amines) is 1. The highest BCUT2D eigenvalue weighted by atomic mass is 16.5. The van der Waals surface area contributed by atoms with Gasteiger partial charge in [-0.25, -0.2) is 4.98 Å². The van der Waals surface area contributed by atoms with E-state index in [1.54, 1.807) is 4.90 Å². The molecule has 4 aliphatic rings. The van der Waals surface area contributed by atoms with Crippen LogP contribution < -0.4 is 10.1 Å². The van der Waals surface area contributed by atoms with Gasteiger partial charge in [-0.2, -0.15) is 0 Å². The van der Waals surface area contributed by atoms with Crippen LogP contribution in [-0.4, -0.2) is 52.4 Å². The molecule has 1 N–H and O–H groups in total. The van der Waals surface area contributed by atoms with E-state index < -0.39 is 6.04 Å². The summed E-state index contributed by atoms with van der Waals surface area (Å²) < 4.78 is 5.89. The zero-order valence-corrected chi connectivity index (χ0v) is 15.7. The molecule has 144 valence electrons. The molecule has 0 aromatic carbocycles. The Hall–Kier alpha value is -2.18. The number of nitrogens with zero attached hydrogens (tertiary/aromatic N) is 3. The molecule has 2 heterocycles. The molecule has 0 bridgehead atoms. The van der Waals surface area contributed by atoms with E-state index in [4.69, 9.17) is 4.74 Å². The Morgan fingerprint density at radius 1 is 1.26 bits per heavy atom. The molecule has 1 aliphatic heterocycles. The van der Waals surface area contributed by atoms with E-state index >= 15 is 0 Å². The second-order valence-corrected chi connectivity index (χ2v) is 8.59. The van der Waals surface area contributed by atoms with E-state index in [1.165, 1.54) is 19.0 Å². The molecule has 3 saturated carbocycles. The van der Waals surface area contributed by atoms with Gasteiger partial charge in [0.2, 0.25) is 11.8 Å². The van der Waals surface area contributed by atoms with Crippen molar-refractivity contribution in [2.45, 2.75) is 62.9 Å². The fraction of sp³-hybridized carbons (Fsp3) is 0.700. The maximum absolute atomic E-state index is 12.7. The third-order valence-electron chi connectivity index (χ3n) is 6.48. The van der Waals surface area contributed by atoms with Crippen LogP contribution in [0.4, 0.5) is 0 Å². The Bertz CT molecular complexity index is 774. The number of fused-ring (bicyclic) bond motifs is 1. The lowest BCUT2D eigenvalue weighted by atomic mass is 9.72. The van der Waals surface area contributed by atoms with Crippen molar-refractivity contribution in [3.63, 3.8) is 0 Å². The summed E-state index contributed by atoms with van der Waals surface area (Å²) in [5, 5.41) is 2.88. The Balaban J connectivity index is 1.30. The SMILES string of the molecule is CN1C(=O)C(NC(=O)c2cnc(C3CC3)c(OCC3CC3)n2)CC2CCC21. The van der Waals surface area contributed by atoms with Crippen LogP contribution in [-0.2, 0) is 4.79 Å². The lowest BCUT2D eigenvalue weighted by Gasteiger charge is -2.49. The van der Waals surface area contributed by atoms with Crippen molar-refractivity contribution in [2.75, 3.05) is 13.7 Å². The topological polar surface area (TPSA) is 84.4 Å². The number of nitrogens with one attached hydrogen (secondary N) is 1. The van der Waals surface area contributed by atoms with Crippen molar-refractivity contribution >= 4 is 11.8 Å². The predicted octanol–water partition coefficient (Wildman–Crippen LogP) is 1.88. The van der Waals surface area contributed by atoms with Crippen LogP contribution in [0.2, 0.25) is 0 Å². The summed E-state index contributed by atoms with van der Waals surface area (Å²) in [5.74, 6) is 1.68. The number of hydrogen-bond acceptors (Lipinski definition) is 5. The Kier molecular flexibility index (Phi) is 4.06. The van der Waals surface area contributed by atoms with Crippen LogP contribution in [0.15, 0.2) is 6.20 Å². The Labute approximate surface area is 158 Å². The van der Waals surface area contributed by atoms with Crippen molar-refractivity contribution < 1.29 is 14.3 Å². The highest BCUT2D eigenvalue weighted by Gasteiger charge is 2.45. The molecule has 0 radical (unpaired) electrons. The summed E-state index contributed by atoms with van der Waals surface area (Å²) in [4.78, 5) is 36.0. The molecule has 27 heavy (non-hydrogen) atoms. The molecule has 3 atom stereocenters.